The van der Waals surface area contributed by atoms with Gasteiger partial charge in [-0.2, -0.15) is 0 Å². The summed E-state index contributed by atoms with van der Waals surface area (Å²) >= 11 is 5.98. The fourth-order valence-corrected chi connectivity index (χ4v) is 3.40. The zero-order chi connectivity index (χ0) is 18.1. The Balaban J connectivity index is 1.41. The Labute approximate surface area is 155 Å². The molecule has 132 valence electrons. The number of halogens is 1. The van der Waals surface area contributed by atoms with E-state index in [1.165, 1.54) is 0 Å². The maximum atomic E-state index is 12.4. The second-order valence-corrected chi connectivity index (χ2v) is 6.85. The van der Waals surface area contributed by atoms with E-state index in [-0.39, 0.29) is 11.8 Å². The van der Waals surface area contributed by atoms with Crippen LogP contribution in [0.25, 0.3) is 10.9 Å². The third-order valence-electron chi connectivity index (χ3n) is 4.60. The van der Waals surface area contributed by atoms with Crippen molar-refractivity contribution in [2.75, 3.05) is 11.4 Å². The number of aromatic amines is 1. The summed E-state index contributed by atoms with van der Waals surface area (Å²) < 4.78 is 0. The quantitative estimate of drug-likeness (QED) is 0.735. The lowest BCUT2D eigenvalue weighted by Crippen LogP contribution is -2.24. The number of carbonyl (C=O) groups excluding carboxylic acids is 2. The molecule has 2 aromatic carbocycles. The Morgan fingerprint density at radius 1 is 1.15 bits per heavy atom. The van der Waals surface area contributed by atoms with E-state index in [2.05, 4.69) is 10.3 Å². The number of fused-ring (bicyclic) bond motifs is 1. The second kappa shape index (κ2) is 6.84. The van der Waals surface area contributed by atoms with Crippen LogP contribution in [-0.2, 0) is 11.3 Å². The van der Waals surface area contributed by atoms with Gasteiger partial charge in [0.15, 0.2) is 0 Å². The maximum Gasteiger partial charge on any atom is 0.267 e. The van der Waals surface area contributed by atoms with Crippen LogP contribution in [0, 0.1) is 0 Å². The zero-order valence-corrected chi connectivity index (χ0v) is 14.8. The lowest BCUT2D eigenvalue weighted by molar-refractivity contribution is -0.117. The number of H-pyrrole nitrogens is 1. The second-order valence-electron chi connectivity index (χ2n) is 6.41. The van der Waals surface area contributed by atoms with Crippen LogP contribution < -0.4 is 10.2 Å². The summed E-state index contributed by atoms with van der Waals surface area (Å²) in [5, 5.41) is 4.45. The van der Waals surface area contributed by atoms with Crippen molar-refractivity contribution in [3.8, 4) is 0 Å². The highest BCUT2D eigenvalue weighted by atomic mass is 35.5. The molecule has 0 saturated carbocycles. The summed E-state index contributed by atoms with van der Waals surface area (Å²) in [6.07, 6.45) is 1.53. The van der Waals surface area contributed by atoms with Crippen LogP contribution in [0.2, 0.25) is 5.02 Å². The Bertz CT molecular complexity index is 978. The van der Waals surface area contributed by atoms with E-state index in [4.69, 9.17) is 11.6 Å². The van der Waals surface area contributed by atoms with Crippen LogP contribution in [-0.4, -0.2) is 23.3 Å². The van der Waals surface area contributed by atoms with Gasteiger partial charge in [0.1, 0.15) is 5.69 Å². The van der Waals surface area contributed by atoms with Gasteiger partial charge < -0.3 is 15.2 Å². The highest BCUT2D eigenvalue weighted by Crippen LogP contribution is 2.22. The Morgan fingerprint density at radius 2 is 1.96 bits per heavy atom. The minimum Gasteiger partial charge on any atom is -0.351 e. The third-order valence-corrected chi connectivity index (χ3v) is 4.84. The summed E-state index contributed by atoms with van der Waals surface area (Å²) in [5.74, 6) is 0.00101. The number of amides is 2. The standard InChI is InChI=1S/C20H18ClN3O2/c21-15-5-8-17-14(10-15)11-18(23-17)20(26)22-12-13-3-6-16(7-4-13)24-9-1-2-19(24)25/h3-8,10-11,23H,1-2,9,12H2,(H,22,26). The lowest BCUT2D eigenvalue weighted by Gasteiger charge is -2.16. The normalized spacial score (nSPS) is 14.2. The number of benzene rings is 2. The molecule has 0 unspecified atom stereocenters. The van der Waals surface area contributed by atoms with Crippen LogP contribution in [0.3, 0.4) is 0 Å². The van der Waals surface area contributed by atoms with Crippen molar-refractivity contribution in [3.63, 3.8) is 0 Å². The zero-order valence-electron chi connectivity index (χ0n) is 14.1. The van der Waals surface area contributed by atoms with Gasteiger partial charge in [-0.3, -0.25) is 9.59 Å². The summed E-state index contributed by atoms with van der Waals surface area (Å²) in [4.78, 5) is 29.0. The van der Waals surface area contributed by atoms with Crippen molar-refractivity contribution in [2.24, 2.45) is 0 Å². The van der Waals surface area contributed by atoms with Gasteiger partial charge >= 0.3 is 0 Å². The molecule has 2 N–H and O–H groups in total. The minimum absolute atomic E-state index is 0.170. The van der Waals surface area contributed by atoms with Crippen molar-refractivity contribution in [1.29, 1.82) is 0 Å². The molecule has 0 aliphatic carbocycles. The number of rotatable bonds is 4. The molecular formula is C20H18ClN3O2. The van der Waals surface area contributed by atoms with Crippen LogP contribution in [0.15, 0.2) is 48.5 Å². The number of aromatic nitrogens is 1. The van der Waals surface area contributed by atoms with Gasteiger partial charge in [0.25, 0.3) is 5.91 Å². The molecule has 6 heteroatoms. The van der Waals surface area contributed by atoms with E-state index in [1.807, 2.05) is 36.4 Å². The summed E-state index contributed by atoms with van der Waals surface area (Å²) in [6.45, 7) is 1.20. The molecule has 0 bridgehead atoms. The molecule has 5 nitrogen and oxygen atoms in total. The predicted molar refractivity (Wildman–Crippen MR) is 103 cm³/mol. The van der Waals surface area contributed by atoms with E-state index in [0.717, 1.165) is 35.1 Å². The highest BCUT2D eigenvalue weighted by molar-refractivity contribution is 6.31. The van der Waals surface area contributed by atoms with Crippen molar-refractivity contribution >= 4 is 40.0 Å². The first-order valence-corrected chi connectivity index (χ1v) is 8.94. The maximum absolute atomic E-state index is 12.4. The van der Waals surface area contributed by atoms with Crippen molar-refractivity contribution in [3.05, 3.63) is 64.8 Å². The monoisotopic (exact) mass is 367 g/mol. The SMILES string of the molecule is O=C(NCc1ccc(N2CCCC2=O)cc1)c1cc2cc(Cl)ccc2[nH]1. The first kappa shape index (κ1) is 16.7. The first-order valence-electron chi connectivity index (χ1n) is 8.56. The van der Waals surface area contributed by atoms with E-state index in [9.17, 15) is 9.59 Å². The summed E-state index contributed by atoms with van der Waals surface area (Å²) in [7, 11) is 0. The molecule has 26 heavy (non-hydrogen) atoms. The highest BCUT2D eigenvalue weighted by Gasteiger charge is 2.21. The molecule has 2 amide bonds. The first-order chi connectivity index (χ1) is 12.6. The van der Waals surface area contributed by atoms with Crippen LogP contribution >= 0.6 is 11.6 Å². The molecule has 3 aromatic rings. The van der Waals surface area contributed by atoms with E-state index in [0.29, 0.717) is 23.7 Å². The predicted octanol–water partition coefficient (Wildman–Crippen LogP) is 3.88. The molecule has 1 saturated heterocycles. The number of anilines is 1. The van der Waals surface area contributed by atoms with Crippen LogP contribution in [0.1, 0.15) is 28.9 Å². The van der Waals surface area contributed by atoms with Crippen molar-refractivity contribution < 1.29 is 9.59 Å². The molecule has 1 aliphatic rings. The molecule has 0 atom stereocenters. The summed E-state index contributed by atoms with van der Waals surface area (Å²) in [5.41, 5.74) is 3.27. The number of hydrogen-bond donors (Lipinski definition) is 2. The molecule has 1 aliphatic heterocycles. The average Bonchev–Trinajstić information content (AvgIpc) is 3.26. The molecule has 0 radical (unpaired) electrons. The van der Waals surface area contributed by atoms with Gasteiger partial charge in [-0.05, 0) is 48.4 Å². The smallest absolute Gasteiger partial charge is 0.267 e. The van der Waals surface area contributed by atoms with Crippen molar-refractivity contribution in [2.45, 2.75) is 19.4 Å². The largest absolute Gasteiger partial charge is 0.351 e. The van der Waals surface area contributed by atoms with E-state index in [1.54, 1.807) is 17.0 Å². The van der Waals surface area contributed by atoms with Gasteiger partial charge in [0, 0.05) is 41.1 Å². The van der Waals surface area contributed by atoms with Gasteiger partial charge in [0.05, 0.1) is 0 Å². The Morgan fingerprint density at radius 3 is 2.69 bits per heavy atom. The fourth-order valence-electron chi connectivity index (χ4n) is 3.22. The molecule has 1 aromatic heterocycles. The third kappa shape index (κ3) is 3.30. The van der Waals surface area contributed by atoms with Crippen molar-refractivity contribution in [1.82, 2.24) is 10.3 Å². The molecular weight excluding hydrogens is 350 g/mol. The number of nitrogens with zero attached hydrogens (tertiary/aromatic N) is 1. The fraction of sp³-hybridized carbons (Fsp3) is 0.200. The molecule has 1 fully saturated rings. The topological polar surface area (TPSA) is 65.2 Å². The van der Waals surface area contributed by atoms with E-state index >= 15 is 0 Å². The average molecular weight is 368 g/mol. The summed E-state index contributed by atoms with van der Waals surface area (Å²) in [6, 6.07) is 15.0. The van der Waals surface area contributed by atoms with Gasteiger partial charge in [-0.1, -0.05) is 23.7 Å². The number of hydrogen-bond acceptors (Lipinski definition) is 2. The number of carbonyl (C=O) groups is 2. The van der Waals surface area contributed by atoms with Gasteiger partial charge in [-0.15, -0.1) is 0 Å². The Hall–Kier alpha value is -2.79. The molecule has 0 spiro atoms. The molecule has 4 rings (SSSR count). The molecule has 2 heterocycles. The van der Waals surface area contributed by atoms with E-state index < -0.39 is 0 Å². The lowest BCUT2D eigenvalue weighted by atomic mass is 10.2. The number of nitrogens with one attached hydrogen (secondary N) is 2. The van der Waals surface area contributed by atoms with Crippen LogP contribution in [0.4, 0.5) is 5.69 Å². The van der Waals surface area contributed by atoms with Gasteiger partial charge in [-0.25, -0.2) is 0 Å². The minimum atomic E-state index is -0.170. The Kier molecular flexibility index (Phi) is 4.39. The van der Waals surface area contributed by atoms with Gasteiger partial charge in [0.2, 0.25) is 5.91 Å². The van der Waals surface area contributed by atoms with Crippen LogP contribution in [0.5, 0.6) is 0 Å².